The quantitative estimate of drug-likeness (QED) is 0.687. The van der Waals surface area contributed by atoms with Gasteiger partial charge in [-0.25, -0.2) is 8.42 Å². The van der Waals surface area contributed by atoms with Crippen LogP contribution in [-0.2, 0) is 19.4 Å². The Hall–Kier alpha value is -1.60. The number of piperidine rings is 1. The molecule has 2 rings (SSSR count). The number of carbonyl (C=O) groups is 2. The van der Waals surface area contributed by atoms with E-state index in [0.29, 0.717) is 31.0 Å². The summed E-state index contributed by atoms with van der Waals surface area (Å²) in [6, 6.07) is 5.79. The molecule has 1 saturated heterocycles. The van der Waals surface area contributed by atoms with Crippen LogP contribution in [-0.4, -0.2) is 62.5 Å². The van der Waals surface area contributed by atoms with E-state index in [2.05, 4.69) is 6.92 Å². The fraction of sp³-hybridized carbons (Fsp3) is 0.579. The van der Waals surface area contributed by atoms with Gasteiger partial charge in [-0.2, -0.15) is 0 Å². The molecule has 1 aliphatic heterocycles. The van der Waals surface area contributed by atoms with Crippen molar-refractivity contribution in [3.8, 4) is 0 Å². The summed E-state index contributed by atoms with van der Waals surface area (Å²) in [6.07, 6.45) is 3.15. The molecule has 8 heteroatoms. The van der Waals surface area contributed by atoms with E-state index in [9.17, 15) is 18.0 Å². The largest absolute Gasteiger partial charge is 0.346 e. The molecule has 1 fully saturated rings. The third-order valence-electron chi connectivity index (χ3n) is 4.91. The fourth-order valence-corrected chi connectivity index (χ4v) is 4.52. The first-order valence-corrected chi connectivity index (χ1v) is 11.3. The Balaban J connectivity index is 1.89. The normalized spacial score (nSPS) is 15.6. The molecule has 0 unspecified atom stereocenters. The van der Waals surface area contributed by atoms with Crippen molar-refractivity contribution < 1.29 is 18.0 Å². The molecule has 0 radical (unpaired) electrons. The summed E-state index contributed by atoms with van der Waals surface area (Å²) >= 11 is 5.78. The number of rotatable bonds is 7. The number of nitrogens with zero attached hydrogens (tertiary/aromatic N) is 2. The molecule has 1 aromatic carbocycles. The van der Waals surface area contributed by atoms with Crippen LogP contribution >= 0.6 is 11.6 Å². The van der Waals surface area contributed by atoms with Gasteiger partial charge in [-0.15, -0.1) is 0 Å². The van der Waals surface area contributed by atoms with Crippen molar-refractivity contribution in [3.63, 3.8) is 0 Å². The summed E-state index contributed by atoms with van der Waals surface area (Å²) in [5.74, 6) is -0.966. The van der Waals surface area contributed by atoms with Gasteiger partial charge in [-0.1, -0.05) is 24.9 Å². The van der Waals surface area contributed by atoms with E-state index in [0.717, 1.165) is 19.4 Å². The van der Waals surface area contributed by atoms with Crippen LogP contribution in [0.4, 0.5) is 0 Å². The second-order valence-electron chi connectivity index (χ2n) is 6.98. The topological polar surface area (TPSA) is 74.8 Å². The Kier molecular flexibility index (Phi) is 7.68. The molecule has 0 bridgehead atoms. The van der Waals surface area contributed by atoms with Crippen LogP contribution in [0.2, 0.25) is 5.02 Å². The van der Waals surface area contributed by atoms with E-state index in [4.69, 9.17) is 11.6 Å². The lowest BCUT2D eigenvalue weighted by atomic mass is 9.95. The fourth-order valence-electron chi connectivity index (χ4n) is 3.17. The Morgan fingerprint density at radius 2 is 1.78 bits per heavy atom. The number of amides is 2. The van der Waals surface area contributed by atoms with Gasteiger partial charge in [-0.05, 0) is 43.5 Å². The average Bonchev–Trinajstić information content (AvgIpc) is 2.65. The number of likely N-dealkylation sites (tertiary alicyclic amines) is 1. The van der Waals surface area contributed by atoms with Crippen LogP contribution in [0.1, 0.15) is 32.6 Å². The van der Waals surface area contributed by atoms with Crippen molar-refractivity contribution in [1.29, 1.82) is 0 Å². The van der Waals surface area contributed by atoms with Crippen molar-refractivity contribution in [3.05, 3.63) is 29.3 Å². The van der Waals surface area contributed by atoms with Crippen molar-refractivity contribution in [1.82, 2.24) is 9.80 Å². The van der Waals surface area contributed by atoms with Crippen LogP contribution in [0.3, 0.4) is 0 Å². The SMILES string of the molecule is CCCCN(C)C(=O)C1CCN(C(=O)CS(=O)(=O)c2ccc(Cl)cc2)CC1. The smallest absolute Gasteiger partial charge is 0.238 e. The third kappa shape index (κ3) is 5.94. The van der Waals surface area contributed by atoms with E-state index < -0.39 is 21.5 Å². The lowest BCUT2D eigenvalue weighted by Crippen LogP contribution is -2.45. The first-order chi connectivity index (χ1) is 12.7. The number of halogens is 1. The molecule has 6 nitrogen and oxygen atoms in total. The first kappa shape index (κ1) is 21.7. The highest BCUT2D eigenvalue weighted by molar-refractivity contribution is 7.92. The molecule has 0 aliphatic carbocycles. The van der Waals surface area contributed by atoms with E-state index in [1.54, 1.807) is 9.80 Å². The van der Waals surface area contributed by atoms with Gasteiger partial charge in [0, 0.05) is 37.6 Å². The molecule has 2 amide bonds. The minimum absolute atomic E-state index is 0.0860. The van der Waals surface area contributed by atoms with Gasteiger partial charge in [-0.3, -0.25) is 9.59 Å². The second kappa shape index (κ2) is 9.55. The molecule has 0 saturated carbocycles. The third-order valence-corrected chi connectivity index (χ3v) is 6.78. The molecule has 0 atom stereocenters. The molecule has 150 valence electrons. The van der Waals surface area contributed by atoms with E-state index in [1.165, 1.54) is 24.3 Å². The standard InChI is InChI=1S/C19H27ClN2O4S/c1-3-4-11-21(2)19(24)15-9-12-22(13-10-15)18(23)14-27(25,26)17-7-5-16(20)6-8-17/h5-8,15H,3-4,9-14H2,1-2H3. The summed E-state index contributed by atoms with van der Waals surface area (Å²) < 4.78 is 24.8. The number of hydrogen-bond acceptors (Lipinski definition) is 4. The molecular weight excluding hydrogens is 388 g/mol. The molecular formula is C19H27ClN2O4S. The summed E-state index contributed by atoms with van der Waals surface area (Å²) in [5, 5.41) is 0.441. The zero-order valence-corrected chi connectivity index (χ0v) is 17.4. The Labute approximate surface area is 166 Å². The van der Waals surface area contributed by atoms with Crippen molar-refractivity contribution in [2.75, 3.05) is 32.4 Å². The van der Waals surface area contributed by atoms with E-state index >= 15 is 0 Å². The van der Waals surface area contributed by atoms with Gasteiger partial charge in [0.2, 0.25) is 11.8 Å². The Bertz CT molecular complexity index is 756. The van der Waals surface area contributed by atoms with Gasteiger partial charge in [0.05, 0.1) is 4.90 Å². The number of sulfone groups is 1. The number of benzene rings is 1. The van der Waals surface area contributed by atoms with E-state index in [1.807, 2.05) is 7.05 Å². The highest BCUT2D eigenvalue weighted by atomic mass is 35.5. The molecule has 1 aromatic rings. The highest BCUT2D eigenvalue weighted by Crippen LogP contribution is 2.21. The van der Waals surface area contributed by atoms with Crippen LogP contribution in [0.5, 0.6) is 0 Å². The van der Waals surface area contributed by atoms with Gasteiger partial charge >= 0.3 is 0 Å². The Morgan fingerprint density at radius 1 is 1.19 bits per heavy atom. The Morgan fingerprint density at radius 3 is 2.33 bits per heavy atom. The predicted octanol–water partition coefficient (Wildman–Crippen LogP) is 2.61. The molecule has 0 aromatic heterocycles. The summed E-state index contributed by atoms with van der Waals surface area (Å²) in [4.78, 5) is 28.3. The average molecular weight is 415 g/mol. The van der Waals surface area contributed by atoms with E-state index in [-0.39, 0.29) is 16.7 Å². The van der Waals surface area contributed by atoms with Crippen molar-refractivity contribution in [2.45, 2.75) is 37.5 Å². The number of hydrogen-bond donors (Lipinski definition) is 0. The van der Waals surface area contributed by atoms with Gasteiger partial charge < -0.3 is 9.80 Å². The monoisotopic (exact) mass is 414 g/mol. The maximum Gasteiger partial charge on any atom is 0.238 e. The molecule has 0 N–H and O–H groups in total. The number of carbonyl (C=O) groups excluding carboxylic acids is 2. The second-order valence-corrected chi connectivity index (χ2v) is 9.41. The molecule has 27 heavy (non-hydrogen) atoms. The van der Waals surface area contributed by atoms with Gasteiger partial charge in [0.25, 0.3) is 0 Å². The summed E-state index contributed by atoms with van der Waals surface area (Å²) in [5.41, 5.74) is 0. The van der Waals surface area contributed by atoms with Gasteiger partial charge in [0.15, 0.2) is 9.84 Å². The minimum Gasteiger partial charge on any atom is -0.346 e. The zero-order chi connectivity index (χ0) is 20.0. The van der Waals surface area contributed by atoms with Crippen LogP contribution in [0, 0.1) is 5.92 Å². The summed E-state index contributed by atoms with van der Waals surface area (Å²) in [7, 11) is -1.89. The predicted molar refractivity (Wildman–Crippen MR) is 105 cm³/mol. The molecule has 1 aliphatic rings. The lowest BCUT2D eigenvalue weighted by Gasteiger charge is -2.33. The first-order valence-electron chi connectivity index (χ1n) is 9.25. The highest BCUT2D eigenvalue weighted by Gasteiger charge is 2.31. The van der Waals surface area contributed by atoms with Crippen LogP contribution in [0.15, 0.2) is 29.2 Å². The van der Waals surface area contributed by atoms with Crippen LogP contribution in [0.25, 0.3) is 0 Å². The van der Waals surface area contributed by atoms with Crippen LogP contribution < -0.4 is 0 Å². The van der Waals surface area contributed by atoms with Crippen molar-refractivity contribution >= 4 is 33.3 Å². The lowest BCUT2D eigenvalue weighted by molar-refractivity contribution is -0.139. The zero-order valence-electron chi connectivity index (χ0n) is 15.9. The summed E-state index contributed by atoms with van der Waals surface area (Å²) in [6.45, 7) is 3.65. The van der Waals surface area contributed by atoms with Crippen molar-refractivity contribution in [2.24, 2.45) is 5.92 Å². The molecule has 0 spiro atoms. The number of unbranched alkanes of at least 4 members (excludes halogenated alkanes) is 1. The maximum atomic E-state index is 12.4. The maximum absolute atomic E-state index is 12.4. The minimum atomic E-state index is -3.70. The van der Waals surface area contributed by atoms with Gasteiger partial charge in [0.1, 0.15) is 5.75 Å². The molecule has 1 heterocycles.